The van der Waals surface area contributed by atoms with Gasteiger partial charge in [0.1, 0.15) is 0 Å². The fourth-order valence-electron chi connectivity index (χ4n) is 2.93. The van der Waals surface area contributed by atoms with Crippen molar-refractivity contribution in [3.8, 4) is 0 Å². The zero-order valence-corrected chi connectivity index (χ0v) is 12.3. The van der Waals surface area contributed by atoms with Gasteiger partial charge in [-0.1, -0.05) is 6.92 Å². The zero-order chi connectivity index (χ0) is 13.4. The molecule has 3 nitrogen and oxygen atoms in total. The van der Waals surface area contributed by atoms with E-state index in [9.17, 15) is 4.79 Å². The van der Waals surface area contributed by atoms with Gasteiger partial charge in [-0.15, -0.1) is 11.3 Å². The van der Waals surface area contributed by atoms with Crippen LogP contribution in [-0.4, -0.2) is 18.5 Å². The predicted octanol–water partition coefficient (Wildman–Crippen LogP) is 2.34. The topological polar surface area (TPSA) is 55.1 Å². The van der Waals surface area contributed by atoms with Gasteiger partial charge in [0.15, 0.2) is 0 Å². The lowest BCUT2D eigenvalue weighted by Gasteiger charge is -2.16. The molecular formula is C15H22N2OS. The van der Waals surface area contributed by atoms with Gasteiger partial charge in [-0.3, -0.25) is 4.79 Å². The first-order chi connectivity index (χ1) is 9.17. The number of hydrogen-bond donors (Lipinski definition) is 2. The second-order valence-corrected chi connectivity index (χ2v) is 7.20. The van der Waals surface area contributed by atoms with Gasteiger partial charge in [-0.2, -0.15) is 0 Å². The van der Waals surface area contributed by atoms with Crippen LogP contribution in [0.1, 0.15) is 46.3 Å². The molecule has 0 radical (unpaired) electrons. The number of aryl methyl sites for hydroxylation is 1. The molecule has 2 aliphatic carbocycles. The van der Waals surface area contributed by atoms with Crippen LogP contribution < -0.4 is 11.1 Å². The summed E-state index contributed by atoms with van der Waals surface area (Å²) in [5.41, 5.74) is 7.14. The Hall–Kier alpha value is -0.870. The van der Waals surface area contributed by atoms with Crippen molar-refractivity contribution in [1.29, 1.82) is 0 Å². The Morgan fingerprint density at radius 2 is 2.32 bits per heavy atom. The van der Waals surface area contributed by atoms with Gasteiger partial charge < -0.3 is 11.1 Å². The molecule has 1 fully saturated rings. The summed E-state index contributed by atoms with van der Waals surface area (Å²) in [7, 11) is 0. The van der Waals surface area contributed by atoms with Crippen LogP contribution in [-0.2, 0) is 12.8 Å². The average molecular weight is 278 g/mol. The minimum Gasteiger partial charge on any atom is -0.347 e. The van der Waals surface area contributed by atoms with Gasteiger partial charge in [0.25, 0.3) is 5.91 Å². The minimum absolute atomic E-state index is 0.0782. The monoisotopic (exact) mass is 278 g/mol. The van der Waals surface area contributed by atoms with E-state index in [0.717, 1.165) is 23.6 Å². The van der Waals surface area contributed by atoms with Crippen LogP contribution in [0.5, 0.6) is 0 Å². The van der Waals surface area contributed by atoms with Crippen molar-refractivity contribution in [2.45, 2.75) is 45.1 Å². The number of fused-ring (bicyclic) bond motifs is 1. The van der Waals surface area contributed by atoms with Crippen LogP contribution >= 0.6 is 11.3 Å². The lowest BCUT2D eigenvalue weighted by Crippen LogP contribution is -2.41. The van der Waals surface area contributed by atoms with Crippen LogP contribution in [0.3, 0.4) is 0 Å². The molecule has 0 bridgehead atoms. The molecule has 0 aliphatic heterocycles. The molecule has 19 heavy (non-hydrogen) atoms. The highest BCUT2D eigenvalue weighted by Crippen LogP contribution is 2.34. The highest BCUT2D eigenvalue weighted by molar-refractivity contribution is 7.14. The third-order valence-corrected chi connectivity index (χ3v) is 5.55. The van der Waals surface area contributed by atoms with E-state index in [1.807, 2.05) is 0 Å². The zero-order valence-electron chi connectivity index (χ0n) is 11.4. The van der Waals surface area contributed by atoms with Crippen molar-refractivity contribution in [3.05, 3.63) is 21.4 Å². The van der Waals surface area contributed by atoms with E-state index in [1.54, 1.807) is 11.3 Å². The molecule has 2 aliphatic rings. The molecule has 4 heteroatoms. The summed E-state index contributed by atoms with van der Waals surface area (Å²) in [5.74, 6) is 1.44. The largest absolute Gasteiger partial charge is 0.347 e. The van der Waals surface area contributed by atoms with Crippen LogP contribution in [0.2, 0.25) is 0 Å². The third-order valence-electron chi connectivity index (χ3n) is 4.31. The van der Waals surface area contributed by atoms with Gasteiger partial charge in [0.2, 0.25) is 0 Å². The van der Waals surface area contributed by atoms with Crippen molar-refractivity contribution in [2.24, 2.45) is 17.6 Å². The second kappa shape index (κ2) is 5.25. The maximum absolute atomic E-state index is 12.3. The van der Waals surface area contributed by atoms with Crippen LogP contribution in [0, 0.1) is 11.8 Å². The summed E-state index contributed by atoms with van der Waals surface area (Å²) in [6.07, 6.45) is 5.93. The molecule has 3 rings (SSSR count). The van der Waals surface area contributed by atoms with E-state index in [0.29, 0.717) is 12.5 Å². The van der Waals surface area contributed by atoms with Crippen LogP contribution in [0.4, 0.5) is 0 Å². The summed E-state index contributed by atoms with van der Waals surface area (Å²) in [6.45, 7) is 2.84. The summed E-state index contributed by atoms with van der Waals surface area (Å²) in [6, 6.07) is 2.27. The molecule has 1 aromatic heterocycles. The molecule has 1 amide bonds. The number of rotatable bonds is 4. The summed E-state index contributed by atoms with van der Waals surface area (Å²) >= 11 is 1.68. The summed E-state index contributed by atoms with van der Waals surface area (Å²) in [5, 5.41) is 3.11. The molecule has 0 saturated heterocycles. The van der Waals surface area contributed by atoms with E-state index in [4.69, 9.17) is 5.73 Å². The Bertz CT molecular complexity index is 478. The molecule has 1 aromatic rings. The normalized spacial score (nSPS) is 23.8. The van der Waals surface area contributed by atoms with Crippen LogP contribution in [0.15, 0.2) is 6.07 Å². The van der Waals surface area contributed by atoms with Crippen molar-refractivity contribution in [2.75, 3.05) is 6.54 Å². The molecule has 3 N–H and O–H groups in total. The van der Waals surface area contributed by atoms with Crippen molar-refractivity contribution >= 4 is 17.2 Å². The van der Waals surface area contributed by atoms with Crippen molar-refractivity contribution in [3.63, 3.8) is 0 Å². The first-order valence-corrected chi connectivity index (χ1v) is 8.11. The van der Waals surface area contributed by atoms with Gasteiger partial charge in [0.05, 0.1) is 4.88 Å². The molecule has 2 atom stereocenters. The molecule has 0 spiro atoms. The SMILES string of the molecule is CC1CCc2sc(C(=O)NC(CN)C3CC3)cc2C1. The number of hydrogen-bond acceptors (Lipinski definition) is 3. The lowest BCUT2D eigenvalue weighted by atomic mass is 9.90. The summed E-state index contributed by atoms with van der Waals surface area (Å²) in [4.78, 5) is 14.6. The highest BCUT2D eigenvalue weighted by Gasteiger charge is 2.32. The van der Waals surface area contributed by atoms with Gasteiger partial charge in [0, 0.05) is 17.5 Å². The first-order valence-electron chi connectivity index (χ1n) is 7.30. The van der Waals surface area contributed by atoms with Crippen molar-refractivity contribution < 1.29 is 4.79 Å². The maximum atomic E-state index is 12.3. The highest BCUT2D eigenvalue weighted by atomic mass is 32.1. The quantitative estimate of drug-likeness (QED) is 0.888. The lowest BCUT2D eigenvalue weighted by molar-refractivity contribution is 0.0937. The van der Waals surface area contributed by atoms with Gasteiger partial charge >= 0.3 is 0 Å². The maximum Gasteiger partial charge on any atom is 0.261 e. The third kappa shape index (κ3) is 2.84. The van der Waals surface area contributed by atoms with E-state index in [-0.39, 0.29) is 11.9 Å². The van der Waals surface area contributed by atoms with E-state index in [1.165, 1.54) is 29.7 Å². The molecule has 1 heterocycles. The number of nitrogens with one attached hydrogen (secondary N) is 1. The number of amides is 1. The van der Waals surface area contributed by atoms with Gasteiger partial charge in [-0.25, -0.2) is 0 Å². The molecular weight excluding hydrogens is 256 g/mol. The van der Waals surface area contributed by atoms with E-state index < -0.39 is 0 Å². The van der Waals surface area contributed by atoms with Crippen LogP contribution in [0.25, 0.3) is 0 Å². The molecule has 2 unspecified atom stereocenters. The first kappa shape index (κ1) is 13.1. The fourth-order valence-corrected chi connectivity index (χ4v) is 4.04. The Morgan fingerprint density at radius 1 is 1.53 bits per heavy atom. The number of thiophene rings is 1. The Morgan fingerprint density at radius 3 is 3.00 bits per heavy atom. The molecule has 104 valence electrons. The number of carbonyl (C=O) groups is 1. The minimum atomic E-state index is 0.0782. The fraction of sp³-hybridized carbons (Fsp3) is 0.667. The molecule has 0 aromatic carbocycles. The standard InChI is InChI=1S/C15H22N2OS/c1-9-2-5-13-11(6-9)7-14(19-13)15(18)17-12(8-16)10-3-4-10/h7,9-10,12H,2-6,8,16H2,1H3,(H,17,18). The number of nitrogens with two attached hydrogens (primary N) is 1. The predicted molar refractivity (Wildman–Crippen MR) is 78.5 cm³/mol. The average Bonchev–Trinajstić information content (AvgIpc) is 3.15. The smallest absolute Gasteiger partial charge is 0.261 e. The Labute approximate surface area is 118 Å². The Kier molecular flexibility index (Phi) is 3.63. The van der Waals surface area contributed by atoms with E-state index in [2.05, 4.69) is 18.3 Å². The second-order valence-electron chi connectivity index (χ2n) is 6.06. The van der Waals surface area contributed by atoms with Gasteiger partial charge in [-0.05, 0) is 55.6 Å². The number of carbonyl (C=O) groups excluding carboxylic acids is 1. The van der Waals surface area contributed by atoms with E-state index >= 15 is 0 Å². The summed E-state index contributed by atoms with van der Waals surface area (Å²) < 4.78 is 0. The van der Waals surface area contributed by atoms with Crippen molar-refractivity contribution in [1.82, 2.24) is 5.32 Å². The Balaban J connectivity index is 1.69. The molecule has 1 saturated carbocycles.